The van der Waals surface area contributed by atoms with Crippen LogP contribution < -0.4 is 4.74 Å². The highest BCUT2D eigenvalue weighted by Gasteiger charge is 2.25. The molecule has 38 heavy (non-hydrogen) atoms. The van der Waals surface area contributed by atoms with Gasteiger partial charge in [0.2, 0.25) is 0 Å². The molecule has 0 amide bonds. The van der Waals surface area contributed by atoms with Crippen LogP contribution in [0.5, 0.6) is 5.75 Å². The molecule has 2 aromatic carbocycles. The van der Waals surface area contributed by atoms with Crippen molar-refractivity contribution in [3.8, 4) is 17.6 Å². The number of Topliss-reactive ketones (excluding diaryl/α,β-unsaturated/α-hetero) is 1. The summed E-state index contributed by atoms with van der Waals surface area (Å²) in [5.74, 6) is 7.84. The summed E-state index contributed by atoms with van der Waals surface area (Å²) in [6.07, 6.45) is 1.50. The first-order valence-corrected chi connectivity index (χ1v) is 13.1. The molecular formula is C31H36N2O5. The average molecular weight is 517 g/mol. The molecule has 0 bridgehead atoms. The van der Waals surface area contributed by atoms with Crippen molar-refractivity contribution in [2.45, 2.75) is 38.5 Å². The lowest BCUT2D eigenvalue weighted by molar-refractivity contribution is -0.117. The number of benzene rings is 2. The molecule has 1 N–H and O–H groups in total. The van der Waals surface area contributed by atoms with Crippen LogP contribution in [0.2, 0.25) is 0 Å². The predicted octanol–water partition coefficient (Wildman–Crippen LogP) is 3.80. The number of hydrogen-bond donors (Lipinski definition) is 1. The third kappa shape index (κ3) is 8.29. The summed E-state index contributed by atoms with van der Waals surface area (Å²) < 4.78 is 16.6. The molecule has 0 radical (unpaired) electrons. The molecule has 200 valence electrons. The SMILES string of the molecule is CC(C)(CO)c1cc(CC(=O)Cc2ccc(C#Cc3ccc(OCCCN4CCOCC4)cc3)cc2)no1. The molecule has 4 rings (SSSR count). The quantitative estimate of drug-likeness (QED) is 0.307. The number of rotatable bonds is 11. The minimum absolute atomic E-state index is 0.0499. The fraction of sp³-hybridized carbons (Fsp3) is 0.419. The third-order valence-electron chi connectivity index (χ3n) is 6.55. The normalized spacial score (nSPS) is 14.1. The molecule has 7 heteroatoms. The largest absolute Gasteiger partial charge is 0.494 e. The van der Waals surface area contributed by atoms with Crippen LogP contribution in [-0.2, 0) is 27.8 Å². The van der Waals surface area contributed by atoms with Crippen LogP contribution in [0.25, 0.3) is 0 Å². The number of aliphatic hydroxyl groups is 1. The molecule has 2 heterocycles. The maximum Gasteiger partial charge on any atom is 0.144 e. The average Bonchev–Trinajstić information content (AvgIpc) is 3.41. The number of morpholine rings is 1. The van der Waals surface area contributed by atoms with Crippen molar-refractivity contribution in [2.75, 3.05) is 46.1 Å². The Bertz CT molecular complexity index is 1230. The van der Waals surface area contributed by atoms with E-state index in [1.807, 2.05) is 62.4 Å². The van der Waals surface area contributed by atoms with E-state index in [4.69, 9.17) is 14.0 Å². The van der Waals surface area contributed by atoms with E-state index in [2.05, 4.69) is 21.9 Å². The van der Waals surface area contributed by atoms with Gasteiger partial charge in [-0.05, 0) is 48.4 Å². The Morgan fingerprint density at radius 2 is 1.68 bits per heavy atom. The number of hydrogen-bond acceptors (Lipinski definition) is 7. The van der Waals surface area contributed by atoms with Crippen molar-refractivity contribution in [3.05, 3.63) is 82.7 Å². The summed E-state index contributed by atoms with van der Waals surface area (Å²) in [5.41, 5.74) is 2.79. The van der Waals surface area contributed by atoms with Gasteiger partial charge in [-0.15, -0.1) is 0 Å². The lowest BCUT2D eigenvalue weighted by Gasteiger charge is -2.26. The second-order valence-corrected chi connectivity index (χ2v) is 10.2. The van der Waals surface area contributed by atoms with Crippen molar-refractivity contribution >= 4 is 5.78 Å². The van der Waals surface area contributed by atoms with Crippen LogP contribution in [0, 0.1) is 11.8 Å². The summed E-state index contributed by atoms with van der Waals surface area (Å²) >= 11 is 0. The minimum atomic E-state index is -0.524. The number of ether oxygens (including phenoxy) is 2. The van der Waals surface area contributed by atoms with Gasteiger partial charge in [0.15, 0.2) is 0 Å². The molecular weight excluding hydrogens is 480 g/mol. The molecule has 0 spiro atoms. The molecule has 1 fully saturated rings. The van der Waals surface area contributed by atoms with Crippen molar-refractivity contribution < 1.29 is 23.9 Å². The Hall–Kier alpha value is -3.44. The molecule has 1 aliphatic rings. The van der Waals surface area contributed by atoms with Gasteiger partial charge in [-0.3, -0.25) is 9.69 Å². The molecule has 7 nitrogen and oxygen atoms in total. The first-order chi connectivity index (χ1) is 18.4. The van der Waals surface area contributed by atoms with Gasteiger partial charge in [0.25, 0.3) is 0 Å². The predicted molar refractivity (Wildman–Crippen MR) is 145 cm³/mol. The van der Waals surface area contributed by atoms with Gasteiger partial charge in [-0.2, -0.15) is 0 Å². The summed E-state index contributed by atoms with van der Waals surface area (Å²) in [7, 11) is 0. The summed E-state index contributed by atoms with van der Waals surface area (Å²) in [6.45, 7) is 9.06. The number of aromatic nitrogens is 1. The number of nitrogens with zero attached hydrogens (tertiary/aromatic N) is 2. The zero-order valence-corrected chi connectivity index (χ0v) is 22.2. The summed E-state index contributed by atoms with van der Waals surface area (Å²) in [5, 5.41) is 13.4. The minimum Gasteiger partial charge on any atom is -0.494 e. The lowest BCUT2D eigenvalue weighted by Crippen LogP contribution is -2.37. The van der Waals surface area contributed by atoms with E-state index in [1.165, 1.54) is 0 Å². The molecule has 1 aromatic heterocycles. The molecule has 1 saturated heterocycles. The molecule has 1 aliphatic heterocycles. The summed E-state index contributed by atoms with van der Waals surface area (Å²) in [4.78, 5) is 14.9. The number of carbonyl (C=O) groups is 1. The lowest BCUT2D eigenvalue weighted by atomic mass is 9.91. The van der Waals surface area contributed by atoms with Crippen LogP contribution in [-0.4, -0.2) is 67.0 Å². The van der Waals surface area contributed by atoms with Gasteiger partial charge in [-0.25, -0.2) is 0 Å². The fourth-order valence-electron chi connectivity index (χ4n) is 4.07. The van der Waals surface area contributed by atoms with Crippen LogP contribution >= 0.6 is 0 Å². The Balaban J connectivity index is 1.21. The van der Waals surface area contributed by atoms with E-state index in [0.29, 0.717) is 24.5 Å². The molecule has 3 aromatic rings. The molecule has 0 aliphatic carbocycles. The van der Waals surface area contributed by atoms with Crippen molar-refractivity contribution in [1.82, 2.24) is 10.1 Å². The maximum atomic E-state index is 12.5. The highest BCUT2D eigenvalue weighted by molar-refractivity contribution is 5.82. The van der Waals surface area contributed by atoms with Crippen molar-refractivity contribution in [3.63, 3.8) is 0 Å². The van der Waals surface area contributed by atoms with E-state index in [1.54, 1.807) is 6.07 Å². The van der Waals surface area contributed by atoms with E-state index in [-0.39, 0.29) is 18.8 Å². The van der Waals surface area contributed by atoms with E-state index >= 15 is 0 Å². The Labute approximate surface area is 224 Å². The van der Waals surface area contributed by atoms with Crippen LogP contribution in [0.4, 0.5) is 0 Å². The Kier molecular flexibility index (Phi) is 9.72. The van der Waals surface area contributed by atoms with Crippen LogP contribution in [0.1, 0.15) is 48.4 Å². The van der Waals surface area contributed by atoms with Crippen LogP contribution in [0.15, 0.2) is 59.1 Å². The molecule has 0 saturated carbocycles. The monoisotopic (exact) mass is 516 g/mol. The van der Waals surface area contributed by atoms with Gasteiger partial charge in [-0.1, -0.05) is 43.0 Å². The first kappa shape index (κ1) is 27.6. The van der Waals surface area contributed by atoms with Gasteiger partial charge in [0.05, 0.1) is 38.5 Å². The highest BCUT2D eigenvalue weighted by Crippen LogP contribution is 2.23. The highest BCUT2D eigenvalue weighted by atomic mass is 16.5. The third-order valence-corrected chi connectivity index (χ3v) is 6.55. The van der Waals surface area contributed by atoms with Crippen molar-refractivity contribution in [1.29, 1.82) is 0 Å². The number of aliphatic hydroxyl groups excluding tert-OH is 1. The smallest absolute Gasteiger partial charge is 0.144 e. The molecule has 0 atom stereocenters. The number of carbonyl (C=O) groups excluding carboxylic acids is 1. The van der Waals surface area contributed by atoms with Gasteiger partial charge < -0.3 is 19.1 Å². The Morgan fingerprint density at radius 1 is 1.03 bits per heavy atom. The second-order valence-electron chi connectivity index (χ2n) is 10.2. The Morgan fingerprint density at radius 3 is 2.34 bits per heavy atom. The fourth-order valence-corrected chi connectivity index (χ4v) is 4.07. The van der Waals surface area contributed by atoms with Gasteiger partial charge in [0, 0.05) is 48.7 Å². The standard InChI is InChI=1S/C31H36N2O5/c1-31(2,23-34)30-22-27(32-38-30)21-28(35)20-26-8-6-24(7-9-26)4-5-25-10-12-29(13-11-25)37-17-3-14-33-15-18-36-19-16-33/h6-13,22,34H,3,14-21,23H2,1-2H3. The van der Waals surface area contributed by atoms with Crippen LogP contribution in [0.3, 0.4) is 0 Å². The van der Waals surface area contributed by atoms with E-state index in [9.17, 15) is 9.90 Å². The second kappa shape index (κ2) is 13.4. The topological polar surface area (TPSA) is 85.0 Å². The number of ketones is 1. The van der Waals surface area contributed by atoms with E-state index in [0.717, 1.165) is 61.7 Å². The maximum absolute atomic E-state index is 12.5. The first-order valence-electron chi connectivity index (χ1n) is 13.1. The van der Waals surface area contributed by atoms with E-state index < -0.39 is 5.41 Å². The van der Waals surface area contributed by atoms with Gasteiger partial charge in [0.1, 0.15) is 17.3 Å². The van der Waals surface area contributed by atoms with Gasteiger partial charge >= 0.3 is 0 Å². The zero-order valence-electron chi connectivity index (χ0n) is 22.2. The molecule has 0 unspecified atom stereocenters. The summed E-state index contributed by atoms with van der Waals surface area (Å²) in [6, 6.07) is 17.3. The zero-order chi connectivity index (χ0) is 26.8. The van der Waals surface area contributed by atoms with Crippen molar-refractivity contribution in [2.24, 2.45) is 0 Å².